The first-order chi connectivity index (χ1) is 7.76. The van der Waals surface area contributed by atoms with Crippen LogP contribution in [0.4, 0.5) is 19.0 Å². The van der Waals surface area contributed by atoms with E-state index in [-0.39, 0.29) is 12.4 Å². The van der Waals surface area contributed by atoms with Gasteiger partial charge in [0.1, 0.15) is 11.4 Å². The van der Waals surface area contributed by atoms with Crippen LogP contribution in [0.5, 0.6) is 0 Å². The van der Waals surface area contributed by atoms with E-state index in [0.29, 0.717) is 0 Å². The lowest BCUT2D eigenvalue weighted by atomic mass is 10.1. The summed E-state index contributed by atoms with van der Waals surface area (Å²) in [6, 6.07) is 2.07. The van der Waals surface area contributed by atoms with E-state index in [1.807, 2.05) is 0 Å². The van der Waals surface area contributed by atoms with E-state index < -0.39 is 23.9 Å². The molecule has 17 heavy (non-hydrogen) atoms. The minimum atomic E-state index is -4.51. The molecule has 4 nitrogen and oxygen atoms in total. The molecule has 0 saturated heterocycles. The number of nitrogens with one attached hydrogen (secondary N) is 1. The van der Waals surface area contributed by atoms with Crippen molar-refractivity contribution >= 4 is 5.82 Å². The zero-order valence-corrected chi connectivity index (χ0v) is 9.12. The van der Waals surface area contributed by atoms with Gasteiger partial charge in [0.05, 0.1) is 12.2 Å². The van der Waals surface area contributed by atoms with Crippen molar-refractivity contribution in [3.63, 3.8) is 0 Å². The van der Waals surface area contributed by atoms with Crippen LogP contribution in [0.2, 0.25) is 0 Å². The van der Waals surface area contributed by atoms with Crippen LogP contribution in [0.25, 0.3) is 0 Å². The van der Waals surface area contributed by atoms with Crippen LogP contribution >= 0.6 is 0 Å². The highest BCUT2D eigenvalue weighted by Gasteiger charge is 2.34. The molecule has 0 saturated carbocycles. The molecule has 0 bridgehead atoms. The first-order valence-electron chi connectivity index (χ1n) is 4.85. The van der Waals surface area contributed by atoms with Gasteiger partial charge in [-0.1, -0.05) is 0 Å². The maximum absolute atomic E-state index is 12.6. The molecule has 0 aromatic carbocycles. The molecule has 0 aliphatic heterocycles. The molecule has 1 aromatic rings. The lowest BCUT2D eigenvalue weighted by Crippen LogP contribution is -2.37. The monoisotopic (exact) mass is 250 g/mol. The highest BCUT2D eigenvalue weighted by Crippen LogP contribution is 2.33. The molecule has 0 fully saturated rings. The molecule has 0 spiro atoms. The number of aliphatic hydroxyl groups is 2. The van der Waals surface area contributed by atoms with Gasteiger partial charge in [0, 0.05) is 12.7 Å². The normalized spacial score (nSPS) is 15.4. The number of alkyl halides is 3. The molecule has 96 valence electrons. The molecule has 1 rings (SSSR count). The third-order valence-corrected chi connectivity index (χ3v) is 2.09. The van der Waals surface area contributed by atoms with E-state index in [9.17, 15) is 18.3 Å². The molecule has 0 amide bonds. The van der Waals surface area contributed by atoms with Gasteiger partial charge in [0.2, 0.25) is 0 Å². The van der Waals surface area contributed by atoms with Gasteiger partial charge in [0.15, 0.2) is 0 Å². The van der Waals surface area contributed by atoms with E-state index in [4.69, 9.17) is 5.11 Å². The Morgan fingerprint density at radius 2 is 2.06 bits per heavy atom. The van der Waals surface area contributed by atoms with Crippen LogP contribution in [0.1, 0.15) is 12.5 Å². The summed E-state index contributed by atoms with van der Waals surface area (Å²) in [6.45, 7) is 0.508. The Morgan fingerprint density at radius 3 is 2.59 bits per heavy atom. The van der Waals surface area contributed by atoms with Gasteiger partial charge < -0.3 is 15.5 Å². The smallest absolute Gasteiger partial charge is 0.393 e. The highest BCUT2D eigenvalue weighted by molar-refractivity contribution is 5.45. The number of hydrogen-bond donors (Lipinski definition) is 3. The third kappa shape index (κ3) is 3.86. The van der Waals surface area contributed by atoms with E-state index in [0.717, 1.165) is 6.07 Å². The predicted octanol–water partition coefficient (Wildman–Crippen LogP) is 1.26. The Hall–Kier alpha value is -1.34. The maximum Gasteiger partial charge on any atom is 0.419 e. The SMILES string of the molecule is CC(O)(CO)CNc1ncccc1C(F)(F)F. The van der Waals surface area contributed by atoms with Crippen LogP contribution in [0.3, 0.4) is 0 Å². The fourth-order valence-electron chi connectivity index (χ4n) is 1.10. The van der Waals surface area contributed by atoms with Crippen molar-refractivity contribution in [1.82, 2.24) is 4.98 Å². The van der Waals surface area contributed by atoms with E-state index in [1.54, 1.807) is 0 Å². The number of pyridine rings is 1. The van der Waals surface area contributed by atoms with E-state index in [1.165, 1.54) is 19.2 Å². The lowest BCUT2D eigenvalue weighted by molar-refractivity contribution is -0.137. The van der Waals surface area contributed by atoms with Crippen molar-refractivity contribution in [3.05, 3.63) is 23.9 Å². The highest BCUT2D eigenvalue weighted by atomic mass is 19.4. The van der Waals surface area contributed by atoms with Gasteiger partial charge in [-0.3, -0.25) is 0 Å². The van der Waals surface area contributed by atoms with Crippen molar-refractivity contribution in [2.24, 2.45) is 0 Å². The summed E-state index contributed by atoms with van der Waals surface area (Å²) in [5, 5.41) is 20.6. The van der Waals surface area contributed by atoms with Crippen molar-refractivity contribution < 1.29 is 23.4 Å². The van der Waals surface area contributed by atoms with Crippen molar-refractivity contribution in [2.45, 2.75) is 18.7 Å². The summed E-state index contributed by atoms with van der Waals surface area (Å²) >= 11 is 0. The first-order valence-corrected chi connectivity index (χ1v) is 4.85. The molecular weight excluding hydrogens is 237 g/mol. The molecule has 1 heterocycles. The van der Waals surface area contributed by atoms with Crippen LogP contribution in [-0.2, 0) is 6.18 Å². The standard InChI is InChI=1S/C10H13F3N2O2/c1-9(17,6-16)5-15-8-7(10(11,12)13)3-2-4-14-8/h2-4,16-17H,5-6H2,1H3,(H,14,15). The second-order valence-electron chi connectivity index (χ2n) is 3.91. The van der Waals surface area contributed by atoms with Crippen LogP contribution in [0.15, 0.2) is 18.3 Å². The molecule has 3 N–H and O–H groups in total. The van der Waals surface area contributed by atoms with Gasteiger partial charge >= 0.3 is 6.18 Å². The molecule has 1 unspecified atom stereocenters. The Kier molecular flexibility index (Phi) is 3.94. The lowest BCUT2D eigenvalue weighted by Gasteiger charge is -2.22. The molecule has 7 heteroatoms. The van der Waals surface area contributed by atoms with Crippen molar-refractivity contribution in [2.75, 3.05) is 18.5 Å². The first kappa shape index (κ1) is 13.7. The quantitative estimate of drug-likeness (QED) is 0.752. The topological polar surface area (TPSA) is 65.4 Å². The molecule has 1 atom stereocenters. The fourth-order valence-corrected chi connectivity index (χ4v) is 1.10. The molecule has 0 aliphatic rings. The average molecular weight is 250 g/mol. The Morgan fingerprint density at radius 1 is 1.41 bits per heavy atom. The zero-order chi connectivity index (χ0) is 13.1. The average Bonchev–Trinajstić information content (AvgIpc) is 2.26. The van der Waals surface area contributed by atoms with Gasteiger partial charge in [-0.15, -0.1) is 0 Å². The number of aromatic nitrogens is 1. The zero-order valence-electron chi connectivity index (χ0n) is 9.12. The summed E-state index contributed by atoms with van der Waals surface area (Å²) < 4.78 is 37.7. The number of rotatable bonds is 4. The number of anilines is 1. The Labute approximate surface area is 96.1 Å². The number of hydrogen-bond acceptors (Lipinski definition) is 4. The van der Waals surface area contributed by atoms with Gasteiger partial charge in [0.25, 0.3) is 0 Å². The third-order valence-electron chi connectivity index (χ3n) is 2.09. The minimum Gasteiger partial charge on any atom is -0.393 e. The van der Waals surface area contributed by atoms with Gasteiger partial charge in [-0.2, -0.15) is 13.2 Å². The predicted molar refractivity (Wildman–Crippen MR) is 55.4 cm³/mol. The van der Waals surface area contributed by atoms with Crippen LogP contribution < -0.4 is 5.32 Å². The summed E-state index contributed by atoms with van der Waals surface area (Å²) in [5.74, 6) is -0.367. The number of nitrogens with zero attached hydrogens (tertiary/aromatic N) is 1. The molecule has 0 radical (unpaired) electrons. The second kappa shape index (κ2) is 4.89. The largest absolute Gasteiger partial charge is 0.419 e. The van der Waals surface area contributed by atoms with Crippen molar-refractivity contribution in [3.8, 4) is 0 Å². The number of aliphatic hydroxyl groups excluding tert-OH is 1. The Bertz CT molecular complexity index is 380. The van der Waals surface area contributed by atoms with Gasteiger partial charge in [-0.05, 0) is 19.1 Å². The molecule has 1 aromatic heterocycles. The fraction of sp³-hybridized carbons (Fsp3) is 0.500. The van der Waals surface area contributed by atoms with Crippen molar-refractivity contribution in [1.29, 1.82) is 0 Å². The minimum absolute atomic E-state index is 0.233. The summed E-state index contributed by atoms with van der Waals surface area (Å²) in [5.41, 5.74) is -2.41. The summed E-state index contributed by atoms with van der Waals surface area (Å²) in [4.78, 5) is 3.56. The number of halogens is 3. The summed E-state index contributed by atoms with van der Waals surface area (Å²) in [7, 11) is 0. The maximum atomic E-state index is 12.6. The molecule has 0 aliphatic carbocycles. The Balaban J connectivity index is 2.85. The second-order valence-corrected chi connectivity index (χ2v) is 3.91. The van der Waals surface area contributed by atoms with Crippen LogP contribution in [0, 0.1) is 0 Å². The molecular formula is C10H13F3N2O2. The van der Waals surface area contributed by atoms with Crippen LogP contribution in [-0.4, -0.2) is 33.9 Å². The van der Waals surface area contributed by atoms with E-state index in [2.05, 4.69) is 10.3 Å². The van der Waals surface area contributed by atoms with Gasteiger partial charge in [-0.25, -0.2) is 4.98 Å². The van der Waals surface area contributed by atoms with E-state index >= 15 is 0 Å². The summed E-state index contributed by atoms with van der Waals surface area (Å²) in [6.07, 6.45) is -3.30.